The highest BCUT2D eigenvalue weighted by Crippen LogP contribution is 2.20. The number of benzene rings is 1. The summed E-state index contributed by atoms with van der Waals surface area (Å²) in [6.45, 7) is 3.93. The summed E-state index contributed by atoms with van der Waals surface area (Å²) in [5.41, 5.74) is 2.44. The van der Waals surface area contributed by atoms with Crippen molar-refractivity contribution < 1.29 is 4.79 Å². The monoisotopic (exact) mass is 282 g/mol. The topological polar surface area (TPSA) is 88.7 Å². The van der Waals surface area contributed by atoms with Crippen LogP contribution in [0.3, 0.4) is 0 Å². The molecule has 5 nitrogen and oxygen atoms in total. The number of hydrogen-bond donors (Lipinski definition) is 2. The van der Waals surface area contributed by atoms with Crippen molar-refractivity contribution in [3.8, 4) is 12.1 Å². The van der Waals surface area contributed by atoms with E-state index in [1.54, 1.807) is 24.3 Å². The van der Waals surface area contributed by atoms with Crippen molar-refractivity contribution in [2.24, 2.45) is 0 Å². The molecule has 0 atom stereocenters. The average Bonchev–Trinajstić information content (AvgIpc) is 2.48. The van der Waals surface area contributed by atoms with Crippen molar-refractivity contribution in [2.75, 3.05) is 10.6 Å². The predicted molar refractivity (Wildman–Crippen MR) is 82.3 cm³/mol. The van der Waals surface area contributed by atoms with E-state index in [-0.39, 0.29) is 11.5 Å². The Morgan fingerprint density at radius 2 is 2.05 bits per heavy atom. The summed E-state index contributed by atoms with van der Waals surface area (Å²) in [5.74, 6) is 0.0109. The van der Waals surface area contributed by atoms with E-state index in [0.717, 1.165) is 29.8 Å². The summed E-state index contributed by atoms with van der Waals surface area (Å²) >= 11 is 0. The first-order valence-electron chi connectivity index (χ1n) is 6.78. The van der Waals surface area contributed by atoms with E-state index in [4.69, 9.17) is 10.5 Å². The molecule has 0 saturated carbocycles. The van der Waals surface area contributed by atoms with Crippen LogP contribution in [-0.2, 0) is 4.79 Å². The Kier molecular flexibility index (Phi) is 6.50. The number of carbonyl (C=O) groups is 1. The lowest BCUT2D eigenvalue weighted by molar-refractivity contribution is -0.116. The van der Waals surface area contributed by atoms with E-state index in [9.17, 15) is 4.79 Å². The maximum absolute atomic E-state index is 11.7. The predicted octanol–water partition coefficient (Wildman–Crippen LogP) is 3.47. The molecule has 0 fully saturated rings. The fourth-order valence-electron chi connectivity index (χ4n) is 1.69. The fourth-order valence-corrected chi connectivity index (χ4v) is 1.69. The summed E-state index contributed by atoms with van der Waals surface area (Å²) in [6, 6.07) is 8.98. The summed E-state index contributed by atoms with van der Waals surface area (Å²) in [7, 11) is 0. The highest BCUT2D eigenvalue weighted by Gasteiger charge is 2.05. The molecule has 0 saturated heterocycles. The minimum atomic E-state index is 0.00426. The third-order valence-corrected chi connectivity index (χ3v) is 2.88. The van der Waals surface area contributed by atoms with Crippen LogP contribution in [-0.4, -0.2) is 5.91 Å². The molecule has 0 aliphatic heterocycles. The smallest absolute Gasteiger partial charge is 0.224 e. The van der Waals surface area contributed by atoms with Crippen LogP contribution in [0.2, 0.25) is 0 Å². The molecule has 0 aliphatic rings. The molecule has 5 heteroatoms. The molecule has 0 unspecified atom stereocenters. The van der Waals surface area contributed by atoms with Gasteiger partial charge in [0, 0.05) is 24.0 Å². The first-order valence-corrected chi connectivity index (χ1v) is 6.78. The van der Waals surface area contributed by atoms with E-state index in [1.807, 2.05) is 19.9 Å². The lowest BCUT2D eigenvalue weighted by atomic mass is 10.1. The Morgan fingerprint density at radius 1 is 1.33 bits per heavy atom. The second-order valence-electron chi connectivity index (χ2n) is 4.61. The van der Waals surface area contributed by atoms with Crippen molar-refractivity contribution in [3.05, 3.63) is 35.5 Å². The zero-order valence-corrected chi connectivity index (χ0v) is 12.2. The number of nitrogens with one attached hydrogen (secondary N) is 2. The molecule has 1 amide bonds. The largest absolute Gasteiger partial charge is 0.360 e. The van der Waals surface area contributed by atoms with Gasteiger partial charge < -0.3 is 10.6 Å². The van der Waals surface area contributed by atoms with Crippen molar-refractivity contribution in [2.45, 2.75) is 33.1 Å². The molecule has 0 radical (unpaired) electrons. The minimum Gasteiger partial charge on any atom is -0.360 e. The van der Waals surface area contributed by atoms with Crippen LogP contribution < -0.4 is 10.6 Å². The molecule has 1 aromatic carbocycles. The van der Waals surface area contributed by atoms with E-state index < -0.39 is 0 Å². The van der Waals surface area contributed by atoms with Gasteiger partial charge in [-0.05, 0) is 37.1 Å². The molecule has 0 spiro atoms. The van der Waals surface area contributed by atoms with Gasteiger partial charge in [0.15, 0.2) is 0 Å². The summed E-state index contributed by atoms with van der Waals surface area (Å²) < 4.78 is 0. The molecule has 2 N–H and O–H groups in total. The first-order chi connectivity index (χ1) is 10.1. The molecule has 0 aromatic heterocycles. The van der Waals surface area contributed by atoms with Crippen LogP contribution >= 0.6 is 0 Å². The molecule has 1 rings (SSSR count). The number of allylic oxidation sites excluding steroid dienone is 1. The summed E-state index contributed by atoms with van der Waals surface area (Å²) in [4.78, 5) is 11.7. The Morgan fingerprint density at radius 3 is 2.62 bits per heavy atom. The minimum absolute atomic E-state index is 0.00426. The number of nitrogens with zero attached hydrogens (tertiary/aromatic N) is 2. The number of amides is 1. The zero-order chi connectivity index (χ0) is 15.7. The number of rotatable bonds is 6. The number of anilines is 2. The highest BCUT2D eigenvalue weighted by atomic mass is 16.1. The highest BCUT2D eigenvalue weighted by molar-refractivity contribution is 5.91. The SMILES string of the molecule is CCCCC(=O)Nc1ccc(NC=C(C#N)C#N)cc1C. The Balaban J connectivity index is 2.73. The van der Waals surface area contributed by atoms with Gasteiger partial charge in [-0.2, -0.15) is 10.5 Å². The summed E-state index contributed by atoms with van der Waals surface area (Å²) in [5, 5.41) is 23.0. The lowest BCUT2D eigenvalue weighted by Gasteiger charge is -2.10. The first kappa shape index (κ1) is 16.3. The molecule has 0 aliphatic carbocycles. The number of nitriles is 2. The van der Waals surface area contributed by atoms with Crippen molar-refractivity contribution >= 4 is 17.3 Å². The van der Waals surface area contributed by atoms with Crippen LogP contribution in [0.25, 0.3) is 0 Å². The Bertz CT molecular complexity index is 604. The second kappa shape index (κ2) is 8.39. The molecule has 0 bridgehead atoms. The van der Waals surface area contributed by atoms with Gasteiger partial charge in [-0.1, -0.05) is 13.3 Å². The maximum Gasteiger partial charge on any atom is 0.224 e. The van der Waals surface area contributed by atoms with Crippen LogP contribution in [0.5, 0.6) is 0 Å². The van der Waals surface area contributed by atoms with Gasteiger partial charge in [0.05, 0.1) is 0 Å². The number of aryl methyl sites for hydroxylation is 1. The quantitative estimate of drug-likeness (QED) is 0.782. The number of carbonyl (C=O) groups excluding carboxylic acids is 1. The standard InChI is InChI=1S/C16H18N4O/c1-3-4-5-16(21)20-15-7-6-14(8-12(15)2)19-11-13(9-17)10-18/h6-8,11,19H,3-5H2,1-2H3,(H,20,21). The van der Waals surface area contributed by atoms with Gasteiger partial charge in [-0.15, -0.1) is 0 Å². The second-order valence-corrected chi connectivity index (χ2v) is 4.61. The normalized spacial score (nSPS) is 9.14. The van der Waals surface area contributed by atoms with Gasteiger partial charge in [-0.3, -0.25) is 4.79 Å². The zero-order valence-electron chi connectivity index (χ0n) is 12.2. The molecule has 108 valence electrons. The van der Waals surface area contributed by atoms with Crippen LogP contribution in [0.1, 0.15) is 31.7 Å². The van der Waals surface area contributed by atoms with E-state index in [0.29, 0.717) is 6.42 Å². The summed E-state index contributed by atoms with van der Waals surface area (Å²) in [6.07, 6.45) is 3.74. The van der Waals surface area contributed by atoms with Gasteiger partial charge in [0.2, 0.25) is 5.91 Å². The fraction of sp³-hybridized carbons (Fsp3) is 0.312. The third-order valence-electron chi connectivity index (χ3n) is 2.88. The molecular formula is C16H18N4O. The van der Waals surface area contributed by atoms with Crippen LogP contribution in [0.4, 0.5) is 11.4 Å². The molecule has 0 heterocycles. The third kappa shape index (κ3) is 5.38. The van der Waals surface area contributed by atoms with E-state index in [2.05, 4.69) is 10.6 Å². The van der Waals surface area contributed by atoms with Crippen molar-refractivity contribution in [1.82, 2.24) is 0 Å². The Hall–Kier alpha value is -2.79. The number of hydrogen-bond acceptors (Lipinski definition) is 4. The molecule has 21 heavy (non-hydrogen) atoms. The molecule has 1 aromatic rings. The van der Waals surface area contributed by atoms with Gasteiger partial charge in [-0.25, -0.2) is 0 Å². The van der Waals surface area contributed by atoms with Crippen LogP contribution in [0.15, 0.2) is 30.0 Å². The average molecular weight is 282 g/mol. The number of unbranched alkanes of at least 4 members (excludes halogenated alkanes) is 1. The van der Waals surface area contributed by atoms with Crippen LogP contribution in [0, 0.1) is 29.6 Å². The van der Waals surface area contributed by atoms with Crippen molar-refractivity contribution in [3.63, 3.8) is 0 Å². The lowest BCUT2D eigenvalue weighted by Crippen LogP contribution is -2.11. The van der Waals surface area contributed by atoms with Gasteiger partial charge in [0.1, 0.15) is 17.7 Å². The van der Waals surface area contributed by atoms with Gasteiger partial charge >= 0.3 is 0 Å². The molecular weight excluding hydrogens is 264 g/mol. The Labute approximate surface area is 124 Å². The van der Waals surface area contributed by atoms with E-state index >= 15 is 0 Å². The van der Waals surface area contributed by atoms with Crippen molar-refractivity contribution in [1.29, 1.82) is 10.5 Å². The van der Waals surface area contributed by atoms with E-state index in [1.165, 1.54) is 6.20 Å². The van der Waals surface area contributed by atoms with Gasteiger partial charge in [0.25, 0.3) is 0 Å². The maximum atomic E-state index is 11.7.